The number of esters is 1. The Kier molecular flexibility index (Phi) is 8.72. The van der Waals surface area contributed by atoms with Crippen LogP contribution in [0.4, 0.5) is 10.2 Å². The molecule has 0 aliphatic carbocycles. The highest BCUT2D eigenvalue weighted by atomic mass is 31.2. The number of hydrogen-bond acceptors (Lipinski definition) is 10. The Balaban J connectivity index is 1.46. The van der Waals surface area contributed by atoms with Gasteiger partial charge in [0, 0.05) is 6.08 Å². The summed E-state index contributed by atoms with van der Waals surface area (Å²) in [6.07, 6.45) is 1.73. The molecule has 0 bridgehead atoms. The van der Waals surface area contributed by atoms with Crippen LogP contribution in [0, 0.1) is 0 Å². The number of carbonyl (C=O) groups is 1. The molecular weight excluding hydrogens is 518 g/mol. The number of rotatable bonds is 12. The zero-order valence-corrected chi connectivity index (χ0v) is 22.1. The fourth-order valence-corrected chi connectivity index (χ4v) is 5.43. The van der Waals surface area contributed by atoms with Gasteiger partial charge in [0.25, 0.3) is 0 Å². The Morgan fingerprint density at radius 2 is 1.97 bits per heavy atom. The topological polar surface area (TPSA) is 153 Å². The molecule has 1 unspecified atom stereocenters. The van der Waals surface area contributed by atoms with E-state index in [0.29, 0.717) is 24.1 Å². The van der Waals surface area contributed by atoms with Crippen molar-refractivity contribution in [1.29, 1.82) is 0 Å². The fraction of sp³-hybridized carbons (Fsp3) is 0.417. The van der Waals surface area contributed by atoms with Gasteiger partial charge in [0.2, 0.25) is 0 Å². The van der Waals surface area contributed by atoms with E-state index in [9.17, 15) is 13.8 Å². The third-order valence-corrected chi connectivity index (χ3v) is 7.55. The van der Waals surface area contributed by atoms with Crippen molar-refractivity contribution in [2.24, 2.45) is 0 Å². The molecule has 0 fully saturated rings. The number of nitrogens with two attached hydrogens (primary N) is 1. The molecule has 1 aliphatic rings. The van der Waals surface area contributed by atoms with E-state index in [1.54, 1.807) is 30.3 Å². The molecule has 0 amide bonds. The second kappa shape index (κ2) is 12.0. The lowest BCUT2D eigenvalue weighted by atomic mass is 10.2. The third kappa shape index (κ3) is 6.36. The highest BCUT2D eigenvalue weighted by Crippen LogP contribution is 2.45. The zero-order chi connectivity index (χ0) is 27.3. The highest BCUT2D eigenvalue weighted by molar-refractivity contribution is 7.57. The minimum Gasteiger partial charge on any atom is -0.461 e. The van der Waals surface area contributed by atoms with Crippen molar-refractivity contribution in [2.45, 2.75) is 58.3 Å². The Bertz CT molecular complexity index is 1330. The van der Waals surface area contributed by atoms with Crippen molar-refractivity contribution >= 4 is 30.5 Å². The molecule has 2 aromatic heterocycles. The first-order valence-electron chi connectivity index (χ1n) is 12.1. The summed E-state index contributed by atoms with van der Waals surface area (Å²) in [5.41, 5.74) is 6.38. The highest BCUT2D eigenvalue weighted by Gasteiger charge is 2.36. The van der Waals surface area contributed by atoms with Crippen LogP contribution in [-0.4, -0.2) is 50.3 Å². The van der Waals surface area contributed by atoms with Gasteiger partial charge in [0.15, 0.2) is 36.2 Å². The molecule has 1 aromatic carbocycles. The first-order valence-corrected chi connectivity index (χ1v) is 13.9. The van der Waals surface area contributed by atoms with Gasteiger partial charge < -0.3 is 24.5 Å². The maximum absolute atomic E-state index is 14.9. The molecule has 3 N–H and O–H groups in total. The van der Waals surface area contributed by atoms with Crippen LogP contribution in [0.25, 0.3) is 11.2 Å². The van der Waals surface area contributed by atoms with Gasteiger partial charge in [-0.05, 0) is 31.9 Å². The van der Waals surface area contributed by atoms with Gasteiger partial charge in [-0.3, -0.25) is 13.9 Å². The van der Waals surface area contributed by atoms with E-state index in [2.05, 4.69) is 20.0 Å². The second-order valence-electron chi connectivity index (χ2n) is 8.59. The summed E-state index contributed by atoms with van der Waals surface area (Å²) in [6.45, 7) is 5.34. The fourth-order valence-electron chi connectivity index (χ4n) is 3.75. The number of nitrogens with zero attached hydrogens (tertiary/aromatic N) is 4. The number of nitrogens with one attached hydrogen (secondary N) is 1. The maximum atomic E-state index is 14.9. The average molecular weight is 549 g/mol. The molecule has 4 atom stereocenters. The van der Waals surface area contributed by atoms with Crippen LogP contribution >= 0.6 is 7.52 Å². The number of fused-ring (bicyclic) bond motifs is 1. The number of aromatic nitrogens is 4. The summed E-state index contributed by atoms with van der Waals surface area (Å²) in [4.78, 5) is 24.7. The summed E-state index contributed by atoms with van der Waals surface area (Å²) in [6, 6.07) is 7.44. The number of hydrogen-bond donors (Lipinski definition) is 2. The van der Waals surface area contributed by atoms with Crippen molar-refractivity contribution in [3.63, 3.8) is 0 Å². The molecule has 0 radical (unpaired) electrons. The van der Waals surface area contributed by atoms with E-state index in [-0.39, 0.29) is 17.6 Å². The quantitative estimate of drug-likeness (QED) is 0.249. The third-order valence-electron chi connectivity index (χ3n) is 5.78. The van der Waals surface area contributed by atoms with E-state index in [1.165, 1.54) is 24.1 Å². The molecule has 3 heterocycles. The lowest BCUT2D eigenvalue weighted by molar-refractivity contribution is -0.151. The molecule has 204 valence electrons. The first-order chi connectivity index (χ1) is 18.2. The summed E-state index contributed by atoms with van der Waals surface area (Å²) in [7, 11) is -3.87. The number of imidazole rings is 1. The molecule has 0 saturated carbocycles. The van der Waals surface area contributed by atoms with Crippen molar-refractivity contribution in [3.8, 4) is 5.75 Å². The minimum absolute atomic E-state index is 0.144. The van der Waals surface area contributed by atoms with Crippen LogP contribution < -0.4 is 15.3 Å². The standard InChI is InChI=1S/C24H30FN6O6P/c1-4-16(5-2)35-24(32)15(3)30-38(33,37-17-9-7-6-8-10-17)14-34-19-11-18(25)23(36-19)31-13-29-20-21(26)27-12-28-22(20)31/h6-13,15-16,19,23H,4-5,14H2,1-3H3,(H,30,33)(H2,26,27,28)/t15-,19-,23+,38?/m0/s1. The predicted octanol–water partition coefficient (Wildman–Crippen LogP) is 4.07. The molecule has 12 nitrogen and oxygen atoms in total. The van der Waals surface area contributed by atoms with Gasteiger partial charge in [-0.2, -0.15) is 0 Å². The van der Waals surface area contributed by atoms with Crippen LogP contribution in [0.5, 0.6) is 5.75 Å². The van der Waals surface area contributed by atoms with Gasteiger partial charge >= 0.3 is 13.5 Å². The largest absolute Gasteiger partial charge is 0.461 e. The van der Waals surface area contributed by atoms with Gasteiger partial charge in [-0.15, -0.1) is 0 Å². The maximum Gasteiger partial charge on any atom is 0.342 e. The van der Waals surface area contributed by atoms with E-state index in [1.807, 2.05) is 13.8 Å². The van der Waals surface area contributed by atoms with Gasteiger partial charge in [-0.1, -0.05) is 32.0 Å². The Labute approximate surface area is 218 Å². The number of ether oxygens (including phenoxy) is 3. The van der Waals surface area contributed by atoms with Gasteiger partial charge in [0.05, 0.1) is 6.33 Å². The number of benzene rings is 1. The minimum atomic E-state index is -3.87. The van der Waals surface area contributed by atoms with Crippen molar-refractivity contribution < 1.29 is 32.5 Å². The van der Waals surface area contributed by atoms with Crippen molar-refractivity contribution in [2.75, 3.05) is 12.1 Å². The lowest BCUT2D eigenvalue weighted by Crippen LogP contribution is -2.37. The predicted molar refractivity (Wildman–Crippen MR) is 137 cm³/mol. The summed E-state index contributed by atoms with van der Waals surface area (Å²) < 4.78 is 52.5. The Morgan fingerprint density at radius 3 is 2.68 bits per heavy atom. The lowest BCUT2D eigenvalue weighted by Gasteiger charge is -2.25. The number of anilines is 1. The molecule has 4 rings (SSSR count). The zero-order valence-electron chi connectivity index (χ0n) is 21.2. The normalized spacial score (nSPS) is 19.8. The summed E-state index contributed by atoms with van der Waals surface area (Å²) in [5.74, 6) is -0.806. The van der Waals surface area contributed by atoms with Crippen molar-refractivity contribution in [1.82, 2.24) is 24.6 Å². The molecule has 14 heteroatoms. The summed E-state index contributed by atoms with van der Waals surface area (Å²) >= 11 is 0. The summed E-state index contributed by atoms with van der Waals surface area (Å²) in [5, 5.41) is 2.72. The molecule has 0 spiro atoms. The van der Waals surface area contributed by atoms with E-state index in [4.69, 9.17) is 24.5 Å². The smallest absolute Gasteiger partial charge is 0.342 e. The van der Waals surface area contributed by atoms with E-state index in [0.717, 1.165) is 6.08 Å². The number of nitrogen functional groups attached to an aromatic ring is 1. The second-order valence-corrected chi connectivity index (χ2v) is 10.6. The monoisotopic (exact) mass is 548 g/mol. The van der Waals surface area contributed by atoms with E-state index < -0.39 is 44.2 Å². The number of halogens is 1. The van der Waals surface area contributed by atoms with Crippen LogP contribution in [-0.2, 0) is 23.6 Å². The molecular formula is C24H30FN6O6P. The van der Waals surface area contributed by atoms with Gasteiger partial charge in [0.1, 0.15) is 29.7 Å². The average Bonchev–Trinajstić information content (AvgIpc) is 3.50. The Morgan fingerprint density at radius 1 is 1.24 bits per heavy atom. The Hall–Kier alpha value is -3.38. The van der Waals surface area contributed by atoms with Crippen LogP contribution in [0.1, 0.15) is 39.8 Å². The van der Waals surface area contributed by atoms with Gasteiger partial charge in [-0.25, -0.2) is 24.4 Å². The van der Waals surface area contributed by atoms with Crippen molar-refractivity contribution in [3.05, 3.63) is 54.9 Å². The number of carbonyl (C=O) groups excluding carboxylic acids is 1. The molecule has 0 saturated heterocycles. The number of para-hydroxylation sites is 1. The molecule has 1 aliphatic heterocycles. The van der Waals surface area contributed by atoms with Crippen LogP contribution in [0.2, 0.25) is 0 Å². The molecule has 38 heavy (non-hydrogen) atoms. The van der Waals surface area contributed by atoms with Crippen LogP contribution in [0.3, 0.4) is 0 Å². The molecule has 3 aromatic rings. The first kappa shape index (κ1) is 27.6. The van der Waals surface area contributed by atoms with E-state index >= 15 is 0 Å². The van der Waals surface area contributed by atoms with Crippen LogP contribution in [0.15, 0.2) is 54.9 Å². The SMILES string of the molecule is CCC(CC)OC(=O)[C@H](C)NP(=O)(CO[C@@H]1C=C(F)[C@H](n2cnc3c(N)ncnc32)O1)Oc1ccccc1.